The number of hydrogen-bond acceptors (Lipinski definition) is 3. The van der Waals surface area contributed by atoms with Gasteiger partial charge in [-0.25, -0.2) is 14.4 Å². The SMILES string of the molecule is Fc1ccc(-c2[c-]cccc2)nc1.[Ir].c1ccc2nc(-c3ccc4ccccc4n3)ccc2c1. The quantitative estimate of drug-likeness (QED) is 0.193. The number of benzene rings is 3. The van der Waals surface area contributed by atoms with Gasteiger partial charge in [0.2, 0.25) is 0 Å². The Labute approximate surface area is 210 Å². The van der Waals surface area contributed by atoms with E-state index in [1.165, 1.54) is 12.3 Å². The fourth-order valence-corrected chi connectivity index (χ4v) is 3.51. The van der Waals surface area contributed by atoms with Gasteiger partial charge in [-0.3, -0.25) is 0 Å². The summed E-state index contributed by atoms with van der Waals surface area (Å²) in [6, 6.07) is 38.0. The van der Waals surface area contributed by atoms with Gasteiger partial charge in [-0.1, -0.05) is 54.6 Å². The van der Waals surface area contributed by atoms with Crippen LogP contribution in [0.25, 0.3) is 44.5 Å². The maximum absolute atomic E-state index is 12.5. The summed E-state index contributed by atoms with van der Waals surface area (Å²) in [6.45, 7) is 0. The molecule has 5 heteroatoms. The third-order valence-corrected chi connectivity index (χ3v) is 5.17. The van der Waals surface area contributed by atoms with Crippen LogP contribution in [0.15, 0.2) is 115 Å². The summed E-state index contributed by atoms with van der Waals surface area (Å²) in [5.41, 5.74) is 5.44. The second-order valence-corrected chi connectivity index (χ2v) is 7.42. The minimum Gasteiger partial charge on any atom is -0.302 e. The monoisotopic (exact) mass is 621 g/mol. The van der Waals surface area contributed by atoms with Crippen molar-refractivity contribution < 1.29 is 24.5 Å². The van der Waals surface area contributed by atoms with Gasteiger partial charge in [-0.2, -0.15) is 0 Å². The average molecular weight is 621 g/mol. The van der Waals surface area contributed by atoms with Gasteiger partial charge in [-0.05, 0) is 36.0 Å². The minimum absolute atomic E-state index is 0. The van der Waals surface area contributed by atoms with E-state index < -0.39 is 0 Å². The van der Waals surface area contributed by atoms with E-state index in [1.54, 1.807) is 12.1 Å². The summed E-state index contributed by atoms with van der Waals surface area (Å²) in [7, 11) is 0. The van der Waals surface area contributed by atoms with Crippen LogP contribution in [0, 0.1) is 11.9 Å². The smallest absolute Gasteiger partial charge is 0.139 e. The molecular formula is C29H19FIrN3-. The third-order valence-electron chi connectivity index (χ3n) is 5.17. The first-order valence-electron chi connectivity index (χ1n) is 10.6. The molecular weight excluding hydrogens is 602 g/mol. The van der Waals surface area contributed by atoms with Crippen LogP contribution >= 0.6 is 0 Å². The molecule has 0 aliphatic carbocycles. The van der Waals surface area contributed by atoms with Gasteiger partial charge in [-0.15, -0.1) is 35.9 Å². The largest absolute Gasteiger partial charge is 0.302 e. The zero-order valence-electron chi connectivity index (χ0n) is 18.0. The molecule has 0 saturated heterocycles. The fourth-order valence-electron chi connectivity index (χ4n) is 3.51. The van der Waals surface area contributed by atoms with Crippen LogP contribution in [0.2, 0.25) is 0 Å². The summed E-state index contributed by atoms with van der Waals surface area (Å²) in [5, 5.41) is 2.30. The van der Waals surface area contributed by atoms with E-state index in [-0.39, 0.29) is 25.9 Å². The van der Waals surface area contributed by atoms with Crippen molar-refractivity contribution in [2.24, 2.45) is 0 Å². The molecule has 0 aliphatic heterocycles. The van der Waals surface area contributed by atoms with E-state index in [4.69, 9.17) is 0 Å². The van der Waals surface area contributed by atoms with Gasteiger partial charge in [0, 0.05) is 30.9 Å². The topological polar surface area (TPSA) is 38.7 Å². The van der Waals surface area contributed by atoms with Crippen LogP contribution in [0.1, 0.15) is 0 Å². The Kier molecular flexibility index (Phi) is 7.48. The normalized spacial score (nSPS) is 10.3. The zero-order chi connectivity index (χ0) is 22.5. The predicted octanol–water partition coefficient (Wildman–Crippen LogP) is 7.14. The Hall–Kier alpha value is -3.79. The Morgan fingerprint density at radius 1 is 0.559 bits per heavy atom. The van der Waals surface area contributed by atoms with Gasteiger partial charge in [0.1, 0.15) is 5.82 Å². The van der Waals surface area contributed by atoms with Crippen LogP contribution in [-0.4, -0.2) is 15.0 Å². The third kappa shape index (κ3) is 5.40. The van der Waals surface area contributed by atoms with Gasteiger partial charge in [0.25, 0.3) is 0 Å². The molecule has 167 valence electrons. The summed E-state index contributed by atoms with van der Waals surface area (Å²) < 4.78 is 12.5. The summed E-state index contributed by atoms with van der Waals surface area (Å²) in [4.78, 5) is 13.3. The summed E-state index contributed by atoms with van der Waals surface area (Å²) in [6.07, 6.45) is 1.20. The Morgan fingerprint density at radius 3 is 1.65 bits per heavy atom. The van der Waals surface area contributed by atoms with Crippen LogP contribution in [-0.2, 0) is 20.1 Å². The van der Waals surface area contributed by atoms with Gasteiger partial charge < -0.3 is 4.98 Å². The van der Waals surface area contributed by atoms with Crippen molar-refractivity contribution in [1.29, 1.82) is 0 Å². The second-order valence-electron chi connectivity index (χ2n) is 7.42. The molecule has 0 spiro atoms. The van der Waals surface area contributed by atoms with Crippen molar-refractivity contribution >= 4 is 21.8 Å². The number of fused-ring (bicyclic) bond motifs is 2. The molecule has 3 nitrogen and oxygen atoms in total. The molecule has 0 unspecified atom stereocenters. The molecule has 0 bridgehead atoms. The van der Waals surface area contributed by atoms with Crippen molar-refractivity contribution in [3.05, 3.63) is 127 Å². The fraction of sp³-hybridized carbons (Fsp3) is 0. The molecule has 3 heterocycles. The van der Waals surface area contributed by atoms with Crippen LogP contribution < -0.4 is 0 Å². The van der Waals surface area contributed by atoms with Gasteiger partial charge in [0.05, 0.1) is 28.6 Å². The van der Waals surface area contributed by atoms with Gasteiger partial charge in [0.15, 0.2) is 0 Å². The number of aromatic nitrogens is 3. The number of pyridine rings is 3. The van der Waals surface area contributed by atoms with Crippen LogP contribution in [0.3, 0.4) is 0 Å². The molecule has 6 rings (SSSR count). The first kappa shape index (κ1) is 23.4. The average Bonchev–Trinajstić information content (AvgIpc) is 2.89. The Morgan fingerprint density at radius 2 is 1.12 bits per heavy atom. The van der Waals surface area contributed by atoms with Crippen LogP contribution in [0.4, 0.5) is 4.39 Å². The maximum Gasteiger partial charge on any atom is 0.139 e. The van der Waals surface area contributed by atoms with Crippen molar-refractivity contribution in [2.45, 2.75) is 0 Å². The molecule has 0 atom stereocenters. The summed E-state index contributed by atoms with van der Waals surface area (Å²) >= 11 is 0. The number of hydrogen-bond donors (Lipinski definition) is 0. The molecule has 1 radical (unpaired) electrons. The first-order chi connectivity index (χ1) is 16.3. The Bertz CT molecular complexity index is 1440. The van der Waals surface area contributed by atoms with E-state index in [0.29, 0.717) is 0 Å². The predicted molar refractivity (Wildman–Crippen MR) is 131 cm³/mol. The van der Waals surface area contributed by atoms with Crippen molar-refractivity contribution in [1.82, 2.24) is 15.0 Å². The number of halogens is 1. The molecule has 0 aliphatic rings. The first-order valence-corrected chi connectivity index (χ1v) is 10.6. The minimum atomic E-state index is -0.320. The van der Waals surface area contributed by atoms with E-state index in [2.05, 4.69) is 45.3 Å². The molecule has 3 aromatic carbocycles. The van der Waals surface area contributed by atoms with Crippen molar-refractivity contribution in [3.8, 4) is 22.6 Å². The molecule has 0 amide bonds. The molecule has 34 heavy (non-hydrogen) atoms. The molecule has 0 fully saturated rings. The van der Waals surface area contributed by atoms with Crippen molar-refractivity contribution in [3.63, 3.8) is 0 Å². The molecule has 6 aromatic rings. The molecule has 0 N–H and O–H groups in total. The van der Waals surface area contributed by atoms with Crippen molar-refractivity contribution in [2.75, 3.05) is 0 Å². The standard InChI is InChI=1S/C18H12N2.C11H7FN.Ir/c1-3-7-15-13(5-1)9-11-17(19-15)18-12-10-14-6-2-4-8-16(14)20-18;12-10-6-7-11(13-8-10)9-4-2-1-3-5-9;/h1-12H;1-4,6-8H;/q;-1;. The number of para-hydroxylation sites is 2. The molecule has 0 saturated carbocycles. The van der Waals surface area contributed by atoms with E-state index in [9.17, 15) is 4.39 Å². The number of rotatable bonds is 2. The zero-order valence-corrected chi connectivity index (χ0v) is 20.4. The van der Waals surface area contributed by atoms with Gasteiger partial charge >= 0.3 is 0 Å². The molecule has 3 aromatic heterocycles. The Balaban J connectivity index is 0.000000171. The van der Waals surface area contributed by atoms with E-state index in [1.807, 2.05) is 66.7 Å². The van der Waals surface area contributed by atoms with E-state index in [0.717, 1.165) is 44.5 Å². The number of nitrogens with zero attached hydrogens (tertiary/aromatic N) is 3. The maximum atomic E-state index is 12.5. The van der Waals surface area contributed by atoms with Crippen LogP contribution in [0.5, 0.6) is 0 Å². The van der Waals surface area contributed by atoms with E-state index >= 15 is 0 Å². The second kappa shape index (κ2) is 10.9. The summed E-state index contributed by atoms with van der Waals surface area (Å²) in [5.74, 6) is -0.320.